The predicted molar refractivity (Wildman–Crippen MR) is 91.8 cm³/mol. The van der Waals surface area contributed by atoms with E-state index >= 15 is 0 Å². The van der Waals surface area contributed by atoms with Crippen molar-refractivity contribution in [3.63, 3.8) is 0 Å². The summed E-state index contributed by atoms with van der Waals surface area (Å²) < 4.78 is 34.2. The van der Waals surface area contributed by atoms with Gasteiger partial charge in [-0.3, -0.25) is 4.72 Å². The molecule has 0 aliphatic carbocycles. The van der Waals surface area contributed by atoms with E-state index in [-0.39, 0.29) is 10.7 Å². The maximum Gasteiger partial charge on any atom is 0.263 e. The summed E-state index contributed by atoms with van der Waals surface area (Å²) in [6, 6.07) is 16.6. The molecule has 7 nitrogen and oxygen atoms in total. The van der Waals surface area contributed by atoms with Crippen LogP contribution in [0.1, 0.15) is 0 Å². The largest absolute Gasteiger partial charge is 0.480 e. The number of methoxy groups -OCH3 is 1. The number of hydrogen-bond donors (Lipinski definition) is 2. The number of benzene rings is 2. The molecule has 0 amide bonds. The van der Waals surface area contributed by atoms with Crippen molar-refractivity contribution < 1.29 is 13.2 Å². The smallest absolute Gasteiger partial charge is 0.263 e. The van der Waals surface area contributed by atoms with E-state index in [2.05, 4.69) is 9.82 Å². The quantitative estimate of drug-likeness (QED) is 0.692. The minimum Gasteiger partial charge on any atom is -0.480 e. The molecule has 124 valence electrons. The van der Waals surface area contributed by atoms with Crippen molar-refractivity contribution in [3.05, 3.63) is 60.7 Å². The fraction of sp³-hybridized carbons (Fsp3) is 0.0625. The van der Waals surface area contributed by atoms with Gasteiger partial charge in [-0.25, -0.2) is 13.1 Å². The lowest BCUT2D eigenvalue weighted by molar-refractivity contribution is 0.394. The zero-order valence-electron chi connectivity index (χ0n) is 12.9. The Bertz CT molecular complexity index is 935. The van der Waals surface area contributed by atoms with Crippen LogP contribution in [-0.4, -0.2) is 25.3 Å². The van der Waals surface area contributed by atoms with Gasteiger partial charge in [0.15, 0.2) is 0 Å². The van der Waals surface area contributed by atoms with Gasteiger partial charge >= 0.3 is 0 Å². The highest BCUT2D eigenvalue weighted by Gasteiger charge is 2.19. The number of ether oxygens (including phenoxy) is 1. The van der Waals surface area contributed by atoms with Gasteiger partial charge in [-0.2, -0.15) is 0 Å². The number of hydrogen-bond acceptors (Lipinski definition) is 5. The van der Waals surface area contributed by atoms with Crippen molar-refractivity contribution in [1.29, 1.82) is 0 Å². The lowest BCUT2D eigenvalue weighted by Crippen LogP contribution is -2.15. The van der Waals surface area contributed by atoms with Crippen LogP contribution in [-0.2, 0) is 10.0 Å². The number of rotatable bonds is 5. The number of anilines is 2. The van der Waals surface area contributed by atoms with E-state index < -0.39 is 10.0 Å². The number of nitrogens with one attached hydrogen (secondary N) is 1. The second-order valence-corrected chi connectivity index (χ2v) is 6.68. The maximum absolute atomic E-state index is 12.6. The average molecular weight is 344 g/mol. The van der Waals surface area contributed by atoms with Gasteiger partial charge in [0.1, 0.15) is 5.82 Å². The maximum atomic E-state index is 12.6. The van der Waals surface area contributed by atoms with Crippen molar-refractivity contribution in [1.82, 2.24) is 9.78 Å². The Balaban J connectivity index is 2.00. The van der Waals surface area contributed by atoms with Gasteiger partial charge in [0, 0.05) is 11.8 Å². The summed E-state index contributed by atoms with van der Waals surface area (Å²) >= 11 is 0. The molecule has 0 saturated carbocycles. The van der Waals surface area contributed by atoms with Crippen LogP contribution >= 0.6 is 0 Å². The molecule has 0 bridgehead atoms. The number of nitrogens with zero attached hydrogens (tertiary/aromatic N) is 2. The second kappa shape index (κ2) is 6.25. The van der Waals surface area contributed by atoms with Gasteiger partial charge in [-0.05, 0) is 36.4 Å². The van der Waals surface area contributed by atoms with Crippen LogP contribution in [0.5, 0.6) is 5.88 Å². The van der Waals surface area contributed by atoms with Gasteiger partial charge in [-0.1, -0.05) is 18.2 Å². The molecule has 8 heteroatoms. The van der Waals surface area contributed by atoms with Gasteiger partial charge < -0.3 is 10.5 Å². The summed E-state index contributed by atoms with van der Waals surface area (Å²) in [6.45, 7) is 0. The van der Waals surface area contributed by atoms with E-state index in [4.69, 9.17) is 10.5 Å². The molecule has 3 aromatic rings. The third kappa shape index (κ3) is 3.18. The molecule has 0 saturated heterocycles. The zero-order chi connectivity index (χ0) is 17.2. The summed E-state index contributed by atoms with van der Waals surface area (Å²) in [5.41, 5.74) is 6.79. The number of nitrogens with two attached hydrogens (primary N) is 1. The van der Waals surface area contributed by atoms with Crippen molar-refractivity contribution in [2.45, 2.75) is 4.90 Å². The van der Waals surface area contributed by atoms with Crippen molar-refractivity contribution in [2.24, 2.45) is 0 Å². The summed E-state index contributed by atoms with van der Waals surface area (Å²) in [5.74, 6) is 0.573. The first kappa shape index (κ1) is 15.9. The molecule has 0 unspecified atom stereocenters. The molecule has 3 N–H and O–H groups in total. The van der Waals surface area contributed by atoms with E-state index in [0.717, 1.165) is 0 Å². The van der Waals surface area contributed by atoms with E-state index in [9.17, 15) is 8.42 Å². The molecule has 1 aromatic heterocycles. The highest BCUT2D eigenvalue weighted by atomic mass is 32.2. The zero-order valence-corrected chi connectivity index (χ0v) is 13.7. The molecule has 24 heavy (non-hydrogen) atoms. The number of aromatic nitrogens is 2. The number of para-hydroxylation sites is 1. The summed E-state index contributed by atoms with van der Waals surface area (Å²) in [6.07, 6.45) is 0. The Morgan fingerprint density at radius 3 is 2.38 bits per heavy atom. The Morgan fingerprint density at radius 2 is 1.75 bits per heavy atom. The second-order valence-electron chi connectivity index (χ2n) is 4.99. The summed E-state index contributed by atoms with van der Waals surface area (Å²) in [5, 5.41) is 4.24. The molecule has 0 radical (unpaired) electrons. The summed E-state index contributed by atoms with van der Waals surface area (Å²) in [7, 11) is -2.31. The van der Waals surface area contributed by atoms with Crippen LogP contribution in [0.25, 0.3) is 5.69 Å². The molecular formula is C16H16N4O3S. The van der Waals surface area contributed by atoms with Crippen LogP contribution in [0.2, 0.25) is 0 Å². The van der Waals surface area contributed by atoms with Crippen molar-refractivity contribution in [2.75, 3.05) is 17.6 Å². The molecule has 0 atom stereocenters. The fourth-order valence-corrected chi connectivity index (χ4v) is 3.17. The third-order valence-corrected chi connectivity index (χ3v) is 4.70. The minimum absolute atomic E-state index is 0.108. The molecule has 2 aromatic carbocycles. The van der Waals surface area contributed by atoms with Crippen molar-refractivity contribution in [3.8, 4) is 11.6 Å². The van der Waals surface area contributed by atoms with Crippen LogP contribution in [0.4, 0.5) is 11.5 Å². The Hall–Kier alpha value is -3.00. The molecule has 0 fully saturated rings. The molecule has 0 spiro atoms. The first-order valence-electron chi connectivity index (χ1n) is 7.07. The molecule has 1 heterocycles. The van der Waals surface area contributed by atoms with Crippen LogP contribution in [0.3, 0.4) is 0 Å². The fourth-order valence-electron chi connectivity index (χ4n) is 2.14. The minimum atomic E-state index is -3.78. The highest BCUT2D eigenvalue weighted by molar-refractivity contribution is 7.92. The predicted octanol–water partition coefficient (Wildman–Crippen LogP) is 2.26. The lowest BCUT2D eigenvalue weighted by Gasteiger charge is -2.10. The van der Waals surface area contributed by atoms with Gasteiger partial charge in [0.25, 0.3) is 10.0 Å². The molecule has 0 aliphatic heterocycles. The van der Waals surface area contributed by atoms with Crippen LogP contribution < -0.4 is 15.2 Å². The normalized spacial score (nSPS) is 11.2. The molecule has 0 aliphatic rings. The Labute approximate surface area is 139 Å². The third-order valence-electron chi connectivity index (χ3n) is 3.33. The lowest BCUT2D eigenvalue weighted by atomic mass is 10.3. The number of nitrogen functional groups attached to an aromatic ring is 1. The first-order valence-corrected chi connectivity index (χ1v) is 8.56. The first-order chi connectivity index (χ1) is 11.5. The Kier molecular flexibility index (Phi) is 4.13. The van der Waals surface area contributed by atoms with E-state index in [0.29, 0.717) is 17.3 Å². The summed E-state index contributed by atoms with van der Waals surface area (Å²) in [4.78, 5) is 0.108. The monoisotopic (exact) mass is 344 g/mol. The van der Waals surface area contributed by atoms with Gasteiger partial charge in [0.05, 0.1) is 17.7 Å². The SMILES string of the molecule is COc1cc(NS(=O)(=O)c2ccc(N)cc2)n(-c2ccccc2)n1. The average Bonchev–Trinajstić information content (AvgIpc) is 2.98. The van der Waals surface area contributed by atoms with E-state index in [1.54, 1.807) is 0 Å². The van der Waals surface area contributed by atoms with Gasteiger partial charge in [-0.15, -0.1) is 5.10 Å². The van der Waals surface area contributed by atoms with Gasteiger partial charge in [0.2, 0.25) is 5.88 Å². The Morgan fingerprint density at radius 1 is 1.08 bits per heavy atom. The topological polar surface area (TPSA) is 99.2 Å². The van der Waals surface area contributed by atoms with Crippen molar-refractivity contribution >= 4 is 21.5 Å². The highest BCUT2D eigenvalue weighted by Crippen LogP contribution is 2.24. The van der Waals surface area contributed by atoms with E-state index in [1.807, 2.05) is 30.3 Å². The number of sulfonamides is 1. The van der Waals surface area contributed by atoms with Crippen LogP contribution in [0.15, 0.2) is 65.6 Å². The molecule has 3 rings (SSSR count). The standard InChI is InChI=1S/C16H16N4O3S/c1-23-16-11-15(20(18-16)13-5-3-2-4-6-13)19-24(21,22)14-9-7-12(17)8-10-14/h2-11,19H,17H2,1H3. The van der Waals surface area contributed by atoms with E-state index in [1.165, 1.54) is 42.1 Å². The van der Waals surface area contributed by atoms with Crippen LogP contribution in [0, 0.1) is 0 Å². The molecular weight excluding hydrogens is 328 g/mol.